The van der Waals surface area contributed by atoms with Gasteiger partial charge in [0.15, 0.2) is 0 Å². The fourth-order valence-corrected chi connectivity index (χ4v) is 1.51. The van der Waals surface area contributed by atoms with Gasteiger partial charge in [0.05, 0.1) is 0 Å². The predicted molar refractivity (Wildman–Crippen MR) is 44.5 cm³/mol. The fraction of sp³-hybridized carbons (Fsp3) is 0.500. The molecular formula is C6H9ClN2S. The molecule has 0 aliphatic carbocycles. The second-order valence-corrected chi connectivity index (χ2v) is 3.17. The number of hydrogen-bond donors (Lipinski definition) is 1. The van der Waals surface area contributed by atoms with Crippen LogP contribution in [0.4, 0.5) is 0 Å². The highest BCUT2D eigenvalue weighted by Crippen LogP contribution is 2.13. The first-order valence-electron chi connectivity index (χ1n) is 3.13. The lowest BCUT2D eigenvalue weighted by atomic mass is 10.6. The second-order valence-electron chi connectivity index (χ2n) is 1.84. The van der Waals surface area contributed by atoms with E-state index in [1.807, 2.05) is 5.38 Å². The van der Waals surface area contributed by atoms with Crippen LogP contribution in [0.2, 0.25) is 5.15 Å². The number of hydrogen-bond acceptors (Lipinski definition) is 3. The van der Waals surface area contributed by atoms with Crippen molar-refractivity contribution in [1.29, 1.82) is 0 Å². The van der Waals surface area contributed by atoms with Gasteiger partial charge in [-0.05, 0) is 6.54 Å². The Morgan fingerprint density at radius 3 is 3.10 bits per heavy atom. The van der Waals surface area contributed by atoms with Crippen molar-refractivity contribution in [2.45, 2.75) is 13.5 Å². The van der Waals surface area contributed by atoms with Crippen molar-refractivity contribution in [3.05, 3.63) is 15.5 Å². The SMILES string of the molecule is CCNCc1nc(Cl)cs1. The molecule has 1 N–H and O–H groups in total. The molecule has 0 fully saturated rings. The van der Waals surface area contributed by atoms with Crippen LogP contribution < -0.4 is 5.32 Å². The quantitative estimate of drug-likeness (QED) is 0.761. The predicted octanol–water partition coefficient (Wildman–Crippen LogP) is 1.91. The van der Waals surface area contributed by atoms with Gasteiger partial charge in [0.25, 0.3) is 0 Å². The Morgan fingerprint density at radius 1 is 1.80 bits per heavy atom. The molecule has 0 aromatic carbocycles. The van der Waals surface area contributed by atoms with E-state index < -0.39 is 0 Å². The van der Waals surface area contributed by atoms with Gasteiger partial charge < -0.3 is 5.32 Å². The van der Waals surface area contributed by atoms with Gasteiger partial charge >= 0.3 is 0 Å². The minimum Gasteiger partial charge on any atom is -0.311 e. The highest BCUT2D eigenvalue weighted by atomic mass is 35.5. The van der Waals surface area contributed by atoms with E-state index in [2.05, 4.69) is 17.2 Å². The van der Waals surface area contributed by atoms with Crippen molar-refractivity contribution in [2.75, 3.05) is 6.54 Å². The van der Waals surface area contributed by atoms with Crippen molar-refractivity contribution in [2.24, 2.45) is 0 Å². The number of thiazole rings is 1. The zero-order valence-corrected chi connectivity index (χ0v) is 7.30. The molecule has 1 aromatic heterocycles. The molecule has 0 radical (unpaired) electrons. The van der Waals surface area contributed by atoms with Crippen LogP contribution in [-0.4, -0.2) is 11.5 Å². The van der Waals surface area contributed by atoms with Gasteiger partial charge in [-0.2, -0.15) is 0 Å². The van der Waals surface area contributed by atoms with Gasteiger partial charge in [0, 0.05) is 11.9 Å². The smallest absolute Gasteiger partial charge is 0.140 e. The Hall–Kier alpha value is -0.120. The molecule has 0 spiro atoms. The van der Waals surface area contributed by atoms with E-state index in [4.69, 9.17) is 11.6 Å². The molecule has 0 bridgehead atoms. The van der Waals surface area contributed by atoms with Crippen LogP contribution in [0.15, 0.2) is 5.38 Å². The highest BCUT2D eigenvalue weighted by molar-refractivity contribution is 7.10. The lowest BCUT2D eigenvalue weighted by Crippen LogP contribution is -2.11. The molecule has 0 aliphatic heterocycles. The molecule has 0 unspecified atom stereocenters. The Balaban J connectivity index is 2.42. The van der Waals surface area contributed by atoms with Crippen LogP contribution in [0.5, 0.6) is 0 Å². The van der Waals surface area contributed by atoms with E-state index in [0.29, 0.717) is 5.15 Å². The van der Waals surface area contributed by atoms with Crippen LogP contribution in [0.1, 0.15) is 11.9 Å². The normalized spacial score (nSPS) is 10.2. The van der Waals surface area contributed by atoms with Gasteiger partial charge in [0.1, 0.15) is 10.2 Å². The lowest BCUT2D eigenvalue weighted by molar-refractivity contribution is 0.722. The average Bonchev–Trinajstić information content (AvgIpc) is 2.31. The first-order chi connectivity index (χ1) is 4.83. The molecule has 4 heteroatoms. The molecule has 0 atom stereocenters. The molecular weight excluding hydrogens is 168 g/mol. The van der Waals surface area contributed by atoms with Crippen LogP contribution in [-0.2, 0) is 6.54 Å². The van der Waals surface area contributed by atoms with Crippen molar-refractivity contribution in [3.8, 4) is 0 Å². The zero-order chi connectivity index (χ0) is 7.40. The van der Waals surface area contributed by atoms with Gasteiger partial charge in [0.2, 0.25) is 0 Å². The maximum atomic E-state index is 5.61. The topological polar surface area (TPSA) is 24.9 Å². The van der Waals surface area contributed by atoms with E-state index in [1.54, 1.807) is 11.3 Å². The van der Waals surface area contributed by atoms with Gasteiger partial charge in [-0.25, -0.2) is 4.98 Å². The Morgan fingerprint density at radius 2 is 2.60 bits per heavy atom. The largest absolute Gasteiger partial charge is 0.311 e. The molecule has 1 rings (SSSR count). The third kappa shape index (κ3) is 2.25. The van der Waals surface area contributed by atoms with E-state index >= 15 is 0 Å². The summed E-state index contributed by atoms with van der Waals surface area (Å²) in [4.78, 5) is 4.07. The maximum Gasteiger partial charge on any atom is 0.140 e. The van der Waals surface area contributed by atoms with Gasteiger partial charge in [-0.1, -0.05) is 18.5 Å². The van der Waals surface area contributed by atoms with Crippen molar-refractivity contribution in [3.63, 3.8) is 0 Å². The van der Waals surface area contributed by atoms with E-state index in [-0.39, 0.29) is 0 Å². The first kappa shape index (κ1) is 7.98. The summed E-state index contributed by atoms with van der Waals surface area (Å²) >= 11 is 7.19. The zero-order valence-electron chi connectivity index (χ0n) is 5.72. The lowest BCUT2D eigenvalue weighted by Gasteiger charge is -1.93. The molecule has 56 valence electrons. The monoisotopic (exact) mass is 176 g/mol. The molecule has 0 amide bonds. The third-order valence-electron chi connectivity index (χ3n) is 1.05. The Bertz CT molecular complexity index is 199. The third-order valence-corrected chi connectivity index (χ3v) is 2.22. The summed E-state index contributed by atoms with van der Waals surface area (Å²) in [6, 6.07) is 0. The molecule has 1 heterocycles. The van der Waals surface area contributed by atoms with Crippen molar-refractivity contribution in [1.82, 2.24) is 10.3 Å². The first-order valence-corrected chi connectivity index (χ1v) is 4.39. The van der Waals surface area contributed by atoms with E-state index in [1.165, 1.54) is 0 Å². The van der Waals surface area contributed by atoms with Crippen LogP contribution in [0, 0.1) is 0 Å². The van der Waals surface area contributed by atoms with Crippen molar-refractivity contribution < 1.29 is 0 Å². The summed E-state index contributed by atoms with van der Waals surface area (Å²) in [5.41, 5.74) is 0. The average molecular weight is 177 g/mol. The summed E-state index contributed by atoms with van der Waals surface area (Å²) in [7, 11) is 0. The molecule has 10 heavy (non-hydrogen) atoms. The Labute approximate surface area is 69.2 Å². The number of aromatic nitrogens is 1. The standard InChI is InChI=1S/C6H9ClN2S/c1-2-8-3-6-9-5(7)4-10-6/h4,8H,2-3H2,1H3. The summed E-state index contributed by atoms with van der Waals surface area (Å²) in [6.45, 7) is 3.86. The number of nitrogens with one attached hydrogen (secondary N) is 1. The molecule has 0 aliphatic rings. The maximum absolute atomic E-state index is 5.61. The van der Waals surface area contributed by atoms with Crippen LogP contribution in [0.3, 0.4) is 0 Å². The van der Waals surface area contributed by atoms with Gasteiger partial charge in [-0.3, -0.25) is 0 Å². The number of halogens is 1. The second kappa shape index (κ2) is 3.91. The van der Waals surface area contributed by atoms with E-state index in [0.717, 1.165) is 18.1 Å². The highest BCUT2D eigenvalue weighted by Gasteiger charge is 1.96. The summed E-state index contributed by atoms with van der Waals surface area (Å²) in [6.07, 6.45) is 0. The van der Waals surface area contributed by atoms with Crippen LogP contribution in [0.25, 0.3) is 0 Å². The van der Waals surface area contributed by atoms with Crippen LogP contribution >= 0.6 is 22.9 Å². The van der Waals surface area contributed by atoms with E-state index in [9.17, 15) is 0 Å². The Kier molecular flexibility index (Phi) is 3.12. The summed E-state index contributed by atoms with van der Waals surface area (Å²) in [5.74, 6) is 0. The number of rotatable bonds is 3. The molecule has 0 saturated heterocycles. The molecule has 1 aromatic rings. The fourth-order valence-electron chi connectivity index (χ4n) is 0.602. The molecule has 2 nitrogen and oxygen atoms in total. The minimum absolute atomic E-state index is 0.595. The van der Waals surface area contributed by atoms with Crippen molar-refractivity contribution >= 4 is 22.9 Å². The van der Waals surface area contributed by atoms with Gasteiger partial charge in [-0.15, -0.1) is 11.3 Å². The summed E-state index contributed by atoms with van der Waals surface area (Å²) in [5, 5.41) is 6.65. The molecule has 0 saturated carbocycles. The minimum atomic E-state index is 0.595. The number of nitrogens with zero attached hydrogens (tertiary/aromatic N) is 1. The summed E-state index contributed by atoms with van der Waals surface area (Å²) < 4.78 is 0.